The molecule has 0 bridgehead atoms. The number of hydrogen-bond acceptors (Lipinski definition) is 5. The molecule has 1 atom stereocenters. The summed E-state index contributed by atoms with van der Waals surface area (Å²) in [5, 5.41) is 9.21. The number of methoxy groups -OCH3 is 1. The maximum atomic E-state index is 10.8. The van der Waals surface area contributed by atoms with Gasteiger partial charge in [-0.1, -0.05) is 12.1 Å². The maximum absolute atomic E-state index is 10.8. The molecule has 0 aliphatic rings. The van der Waals surface area contributed by atoms with Crippen LogP contribution in [0.5, 0.6) is 5.75 Å². The Balaban J connectivity index is 2.78. The summed E-state index contributed by atoms with van der Waals surface area (Å²) < 4.78 is 15.4. The lowest BCUT2D eigenvalue weighted by molar-refractivity contribution is -0.141. The standard InChI is InChI=1S/C16H24O5/c1-12-4-5-15(10-16(12)21-11-19-3)14(6-8-17)7-9-20-13(2)18/h4-5,10,14,17H,6-9,11H2,1-3H3/t14-/m1/s1. The summed E-state index contributed by atoms with van der Waals surface area (Å²) in [5.41, 5.74) is 2.09. The summed E-state index contributed by atoms with van der Waals surface area (Å²) >= 11 is 0. The molecule has 0 saturated carbocycles. The number of esters is 1. The van der Waals surface area contributed by atoms with Gasteiger partial charge in [0.25, 0.3) is 0 Å². The number of aliphatic hydroxyl groups is 1. The average molecular weight is 296 g/mol. The van der Waals surface area contributed by atoms with Gasteiger partial charge in [0.15, 0.2) is 6.79 Å². The van der Waals surface area contributed by atoms with Crippen LogP contribution in [0.3, 0.4) is 0 Å². The molecule has 0 aliphatic carbocycles. The van der Waals surface area contributed by atoms with E-state index in [4.69, 9.17) is 14.2 Å². The van der Waals surface area contributed by atoms with E-state index < -0.39 is 0 Å². The molecule has 0 fully saturated rings. The van der Waals surface area contributed by atoms with Crippen LogP contribution >= 0.6 is 0 Å². The molecule has 0 unspecified atom stereocenters. The number of carbonyl (C=O) groups is 1. The third kappa shape index (κ3) is 6.14. The molecule has 1 rings (SSSR count). The van der Waals surface area contributed by atoms with Gasteiger partial charge in [0.1, 0.15) is 5.75 Å². The fraction of sp³-hybridized carbons (Fsp3) is 0.562. The van der Waals surface area contributed by atoms with Crippen molar-refractivity contribution in [3.8, 4) is 5.75 Å². The van der Waals surface area contributed by atoms with E-state index in [1.807, 2.05) is 25.1 Å². The van der Waals surface area contributed by atoms with Gasteiger partial charge >= 0.3 is 5.97 Å². The molecule has 0 aromatic heterocycles. The second-order valence-corrected chi connectivity index (χ2v) is 4.91. The third-order valence-corrected chi connectivity index (χ3v) is 3.27. The highest BCUT2D eigenvalue weighted by atomic mass is 16.7. The first kappa shape index (κ1) is 17.5. The first-order valence-corrected chi connectivity index (χ1v) is 7.05. The smallest absolute Gasteiger partial charge is 0.302 e. The van der Waals surface area contributed by atoms with E-state index in [9.17, 15) is 9.90 Å². The number of aliphatic hydroxyl groups excluding tert-OH is 1. The largest absolute Gasteiger partial charge is 0.467 e. The van der Waals surface area contributed by atoms with Crippen LogP contribution in [0.15, 0.2) is 18.2 Å². The molecule has 0 radical (unpaired) electrons. The highest BCUT2D eigenvalue weighted by Crippen LogP contribution is 2.28. The molecule has 0 spiro atoms. The molecule has 0 amide bonds. The summed E-state index contributed by atoms with van der Waals surface area (Å²) in [6.45, 7) is 4.00. The number of benzene rings is 1. The van der Waals surface area contributed by atoms with Crippen LogP contribution in [0, 0.1) is 6.92 Å². The summed E-state index contributed by atoms with van der Waals surface area (Å²) in [4.78, 5) is 10.8. The van der Waals surface area contributed by atoms with Gasteiger partial charge in [-0.3, -0.25) is 4.79 Å². The van der Waals surface area contributed by atoms with Crippen molar-refractivity contribution in [2.45, 2.75) is 32.6 Å². The van der Waals surface area contributed by atoms with Gasteiger partial charge in [0.2, 0.25) is 0 Å². The van der Waals surface area contributed by atoms with Crippen LogP contribution in [0.2, 0.25) is 0 Å². The summed E-state index contributed by atoms with van der Waals surface area (Å²) in [6, 6.07) is 5.96. The summed E-state index contributed by atoms with van der Waals surface area (Å²) in [7, 11) is 1.58. The van der Waals surface area contributed by atoms with Gasteiger partial charge in [0.05, 0.1) is 6.61 Å². The normalized spacial score (nSPS) is 12.0. The minimum atomic E-state index is -0.286. The molecular formula is C16H24O5. The quantitative estimate of drug-likeness (QED) is 0.560. The molecule has 5 heteroatoms. The van der Waals surface area contributed by atoms with Crippen molar-refractivity contribution in [1.82, 2.24) is 0 Å². The third-order valence-electron chi connectivity index (χ3n) is 3.27. The minimum Gasteiger partial charge on any atom is -0.467 e. The Hall–Kier alpha value is -1.59. The Bertz CT molecular complexity index is 444. The van der Waals surface area contributed by atoms with Gasteiger partial charge in [-0.15, -0.1) is 0 Å². The van der Waals surface area contributed by atoms with Gasteiger partial charge in [-0.05, 0) is 42.9 Å². The van der Waals surface area contributed by atoms with E-state index in [2.05, 4.69) is 0 Å². The van der Waals surface area contributed by atoms with Crippen LogP contribution in [-0.4, -0.2) is 38.2 Å². The molecule has 1 aromatic carbocycles. The highest BCUT2D eigenvalue weighted by molar-refractivity contribution is 5.65. The second kappa shape index (κ2) is 9.37. The van der Waals surface area contributed by atoms with Gasteiger partial charge in [-0.25, -0.2) is 0 Å². The van der Waals surface area contributed by atoms with Crippen LogP contribution < -0.4 is 4.74 Å². The topological polar surface area (TPSA) is 65.0 Å². The molecule has 0 heterocycles. The SMILES string of the molecule is COCOc1cc([C@H](CCO)CCOC(C)=O)ccc1C. The van der Waals surface area contributed by atoms with Crippen LogP contribution in [0.25, 0.3) is 0 Å². The van der Waals surface area contributed by atoms with Crippen molar-refractivity contribution in [2.75, 3.05) is 27.1 Å². The highest BCUT2D eigenvalue weighted by Gasteiger charge is 2.14. The zero-order valence-corrected chi connectivity index (χ0v) is 12.9. The van der Waals surface area contributed by atoms with Crippen molar-refractivity contribution < 1.29 is 24.1 Å². The van der Waals surface area contributed by atoms with Crippen molar-refractivity contribution in [2.24, 2.45) is 0 Å². The summed E-state index contributed by atoms with van der Waals surface area (Å²) in [6.07, 6.45) is 1.29. The number of carbonyl (C=O) groups excluding carboxylic acids is 1. The van der Waals surface area contributed by atoms with Gasteiger partial charge in [0, 0.05) is 20.6 Å². The molecule has 5 nitrogen and oxygen atoms in total. The molecule has 0 aliphatic heterocycles. The monoisotopic (exact) mass is 296 g/mol. The molecule has 1 aromatic rings. The van der Waals surface area contributed by atoms with E-state index in [-0.39, 0.29) is 25.3 Å². The number of rotatable bonds is 9. The minimum absolute atomic E-state index is 0.0902. The van der Waals surface area contributed by atoms with Crippen LogP contribution in [0.4, 0.5) is 0 Å². The van der Waals surface area contributed by atoms with Gasteiger partial charge in [-0.2, -0.15) is 0 Å². The average Bonchev–Trinajstić information content (AvgIpc) is 2.45. The predicted octanol–water partition coefficient (Wildman–Crippen LogP) is 2.40. The Morgan fingerprint density at radius 1 is 1.33 bits per heavy atom. The fourth-order valence-electron chi connectivity index (χ4n) is 2.13. The number of aryl methyl sites for hydroxylation is 1. The first-order chi connectivity index (χ1) is 10.1. The zero-order chi connectivity index (χ0) is 15.7. The molecule has 0 saturated heterocycles. The van der Waals surface area contributed by atoms with Crippen molar-refractivity contribution in [3.63, 3.8) is 0 Å². The second-order valence-electron chi connectivity index (χ2n) is 4.91. The Morgan fingerprint density at radius 2 is 2.10 bits per heavy atom. The van der Waals surface area contributed by atoms with Crippen molar-refractivity contribution in [3.05, 3.63) is 29.3 Å². The van der Waals surface area contributed by atoms with Crippen molar-refractivity contribution in [1.29, 1.82) is 0 Å². The lowest BCUT2D eigenvalue weighted by Crippen LogP contribution is -2.09. The first-order valence-electron chi connectivity index (χ1n) is 7.05. The predicted molar refractivity (Wildman–Crippen MR) is 79.4 cm³/mol. The Kier molecular flexibility index (Phi) is 7.79. The fourth-order valence-corrected chi connectivity index (χ4v) is 2.13. The number of ether oxygens (including phenoxy) is 3. The van der Waals surface area contributed by atoms with Crippen molar-refractivity contribution >= 4 is 5.97 Å². The lowest BCUT2D eigenvalue weighted by atomic mass is 9.92. The van der Waals surface area contributed by atoms with Crippen LogP contribution in [0.1, 0.15) is 36.8 Å². The van der Waals surface area contributed by atoms with E-state index in [1.54, 1.807) is 7.11 Å². The van der Waals surface area contributed by atoms with Crippen LogP contribution in [-0.2, 0) is 14.3 Å². The maximum Gasteiger partial charge on any atom is 0.302 e. The number of hydrogen-bond donors (Lipinski definition) is 1. The molecular weight excluding hydrogens is 272 g/mol. The molecule has 21 heavy (non-hydrogen) atoms. The van der Waals surface area contributed by atoms with E-state index >= 15 is 0 Å². The Morgan fingerprint density at radius 3 is 2.71 bits per heavy atom. The van der Waals surface area contributed by atoms with E-state index in [1.165, 1.54) is 6.92 Å². The van der Waals surface area contributed by atoms with Gasteiger partial charge < -0.3 is 19.3 Å². The van der Waals surface area contributed by atoms with E-state index in [0.717, 1.165) is 16.9 Å². The zero-order valence-electron chi connectivity index (χ0n) is 12.9. The molecule has 1 N–H and O–H groups in total. The lowest BCUT2D eigenvalue weighted by Gasteiger charge is -2.18. The molecule has 118 valence electrons. The summed E-state index contributed by atoms with van der Waals surface area (Å²) in [5.74, 6) is 0.607. The van der Waals surface area contributed by atoms with E-state index in [0.29, 0.717) is 19.4 Å². The Labute approximate surface area is 125 Å².